The van der Waals surface area contributed by atoms with E-state index in [-0.39, 0.29) is 11.2 Å². The van der Waals surface area contributed by atoms with Gasteiger partial charge in [-0.15, -0.1) is 0 Å². The SMILES string of the molecule is CC(C)C1SC(Cc2ccncc2)=NC1=O. The third-order valence-corrected chi connectivity index (χ3v) is 3.96. The molecule has 3 nitrogen and oxygen atoms in total. The molecule has 1 atom stereocenters. The number of nitrogens with zero attached hydrogens (tertiary/aromatic N) is 2. The lowest BCUT2D eigenvalue weighted by Gasteiger charge is -2.09. The van der Waals surface area contributed by atoms with Crippen LogP contribution in [-0.2, 0) is 11.2 Å². The summed E-state index contributed by atoms with van der Waals surface area (Å²) in [6, 6.07) is 3.91. The van der Waals surface area contributed by atoms with Crippen molar-refractivity contribution in [3.8, 4) is 0 Å². The average Bonchev–Trinajstić information content (AvgIpc) is 2.61. The molecule has 1 aliphatic heterocycles. The van der Waals surface area contributed by atoms with Gasteiger partial charge >= 0.3 is 0 Å². The molecule has 0 N–H and O–H groups in total. The zero-order chi connectivity index (χ0) is 11.5. The number of pyridine rings is 1. The Kier molecular flexibility index (Phi) is 3.39. The van der Waals surface area contributed by atoms with Crippen LogP contribution in [0, 0.1) is 5.92 Å². The van der Waals surface area contributed by atoms with E-state index in [0.29, 0.717) is 5.92 Å². The lowest BCUT2D eigenvalue weighted by molar-refractivity contribution is -0.117. The van der Waals surface area contributed by atoms with E-state index in [9.17, 15) is 4.79 Å². The largest absolute Gasteiger partial charge is 0.271 e. The second kappa shape index (κ2) is 4.78. The van der Waals surface area contributed by atoms with E-state index in [2.05, 4.69) is 23.8 Å². The molecule has 1 aromatic heterocycles. The van der Waals surface area contributed by atoms with Gasteiger partial charge in [0.05, 0.1) is 10.3 Å². The Morgan fingerprint density at radius 3 is 2.62 bits per heavy atom. The summed E-state index contributed by atoms with van der Waals surface area (Å²) in [5, 5.41) is 0.937. The molecule has 4 heteroatoms. The number of aromatic nitrogens is 1. The van der Waals surface area contributed by atoms with Gasteiger partial charge in [0.2, 0.25) is 0 Å². The second-order valence-corrected chi connectivity index (χ2v) is 5.37. The minimum atomic E-state index is 0.0110. The van der Waals surface area contributed by atoms with Gasteiger partial charge in [-0.05, 0) is 23.6 Å². The van der Waals surface area contributed by atoms with Crippen LogP contribution in [0.4, 0.5) is 0 Å². The van der Waals surface area contributed by atoms with Crippen molar-refractivity contribution in [1.29, 1.82) is 0 Å². The van der Waals surface area contributed by atoms with Crippen molar-refractivity contribution in [2.45, 2.75) is 25.5 Å². The summed E-state index contributed by atoms with van der Waals surface area (Å²) in [4.78, 5) is 19.7. The fraction of sp³-hybridized carbons (Fsp3) is 0.417. The molecule has 0 saturated carbocycles. The van der Waals surface area contributed by atoms with Crippen LogP contribution in [0.3, 0.4) is 0 Å². The van der Waals surface area contributed by atoms with E-state index in [0.717, 1.165) is 17.0 Å². The molecule has 0 saturated heterocycles. The van der Waals surface area contributed by atoms with Gasteiger partial charge in [0.25, 0.3) is 5.91 Å². The first-order chi connectivity index (χ1) is 7.66. The van der Waals surface area contributed by atoms with Crippen molar-refractivity contribution in [3.05, 3.63) is 30.1 Å². The molecule has 0 fully saturated rings. The van der Waals surface area contributed by atoms with Crippen LogP contribution in [0.1, 0.15) is 19.4 Å². The van der Waals surface area contributed by atoms with Gasteiger partial charge in [-0.3, -0.25) is 9.78 Å². The van der Waals surface area contributed by atoms with Crippen LogP contribution >= 0.6 is 11.8 Å². The Hall–Kier alpha value is -1.16. The topological polar surface area (TPSA) is 42.3 Å². The molecule has 84 valence electrons. The summed E-state index contributed by atoms with van der Waals surface area (Å²) in [6.45, 7) is 4.11. The normalized spacial score (nSPS) is 20.3. The zero-order valence-corrected chi connectivity index (χ0v) is 10.2. The highest BCUT2D eigenvalue weighted by Gasteiger charge is 2.30. The van der Waals surface area contributed by atoms with E-state index in [1.54, 1.807) is 24.2 Å². The molecule has 0 radical (unpaired) electrons. The molecule has 1 aromatic rings. The number of rotatable bonds is 3. The molecule has 0 bridgehead atoms. The van der Waals surface area contributed by atoms with Gasteiger partial charge in [-0.2, -0.15) is 0 Å². The quantitative estimate of drug-likeness (QED) is 0.806. The van der Waals surface area contributed by atoms with E-state index < -0.39 is 0 Å². The number of aliphatic imine (C=N–C) groups is 1. The number of hydrogen-bond acceptors (Lipinski definition) is 3. The van der Waals surface area contributed by atoms with E-state index in [4.69, 9.17) is 0 Å². The number of hydrogen-bond donors (Lipinski definition) is 0. The molecular weight excluding hydrogens is 220 g/mol. The molecule has 1 aliphatic rings. The molecule has 1 amide bonds. The van der Waals surface area contributed by atoms with Crippen molar-refractivity contribution >= 4 is 22.7 Å². The Balaban J connectivity index is 2.04. The Morgan fingerprint density at radius 1 is 1.38 bits per heavy atom. The highest BCUT2D eigenvalue weighted by molar-refractivity contribution is 8.15. The van der Waals surface area contributed by atoms with Crippen LogP contribution in [0.5, 0.6) is 0 Å². The summed E-state index contributed by atoms with van der Waals surface area (Å²) in [7, 11) is 0. The van der Waals surface area contributed by atoms with Crippen LogP contribution in [-0.4, -0.2) is 21.2 Å². The number of carbonyl (C=O) groups is 1. The predicted octanol–water partition coefficient (Wildman–Crippen LogP) is 2.32. The molecule has 0 aromatic carbocycles. The zero-order valence-electron chi connectivity index (χ0n) is 9.38. The fourth-order valence-electron chi connectivity index (χ4n) is 1.59. The maximum atomic E-state index is 11.6. The fourth-order valence-corrected chi connectivity index (χ4v) is 2.70. The highest BCUT2D eigenvalue weighted by Crippen LogP contribution is 2.29. The minimum absolute atomic E-state index is 0.0110. The first kappa shape index (κ1) is 11.3. The van der Waals surface area contributed by atoms with E-state index in [1.165, 1.54) is 0 Å². The molecule has 2 heterocycles. The van der Waals surface area contributed by atoms with Crippen molar-refractivity contribution in [2.24, 2.45) is 10.9 Å². The molecular formula is C12H14N2OS. The number of amides is 1. The second-order valence-electron chi connectivity index (χ2n) is 4.16. The van der Waals surface area contributed by atoms with Gasteiger partial charge in [-0.1, -0.05) is 25.6 Å². The summed E-state index contributed by atoms with van der Waals surface area (Å²) >= 11 is 1.60. The summed E-state index contributed by atoms with van der Waals surface area (Å²) in [5.41, 5.74) is 1.15. The number of carbonyl (C=O) groups excluding carboxylic acids is 1. The Morgan fingerprint density at radius 2 is 2.06 bits per heavy atom. The number of thioether (sulfide) groups is 1. The highest BCUT2D eigenvalue weighted by atomic mass is 32.2. The Labute approximate surface area is 99.4 Å². The third kappa shape index (κ3) is 2.50. The van der Waals surface area contributed by atoms with Gasteiger partial charge in [0.15, 0.2) is 0 Å². The van der Waals surface area contributed by atoms with Crippen LogP contribution in [0.25, 0.3) is 0 Å². The van der Waals surface area contributed by atoms with Crippen molar-refractivity contribution in [2.75, 3.05) is 0 Å². The minimum Gasteiger partial charge on any atom is -0.271 e. The van der Waals surface area contributed by atoms with E-state index >= 15 is 0 Å². The van der Waals surface area contributed by atoms with Gasteiger partial charge < -0.3 is 0 Å². The lowest BCUT2D eigenvalue weighted by Crippen LogP contribution is -2.17. The Bertz CT molecular complexity index is 414. The van der Waals surface area contributed by atoms with Crippen LogP contribution < -0.4 is 0 Å². The van der Waals surface area contributed by atoms with Crippen molar-refractivity contribution in [1.82, 2.24) is 4.98 Å². The van der Waals surface area contributed by atoms with Crippen molar-refractivity contribution in [3.63, 3.8) is 0 Å². The first-order valence-electron chi connectivity index (χ1n) is 5.34. The summed E-state index contributed by atoms with van der Waals surface area (Å²) < 4.78 is 0. The average molecular weight is 234 g/mol. The van der Waals surface area contributed by atoms with Crippen LogP contribution in [0.2, 0.25) is 0 Å². The molecule has 1 unspecified atom stereocenters. The molecule has 16 heavy (non-hydrogen) atoms. The van der Waals surface area contributed by atoms with Crippen LogP contribution in [0.15, 0.2) is 29.5 Å². The smallest absolute Gasteiger partial charge is 0.260 e. The van der Waals surface area contributed by atoms with E-state index in [1.807, 2.05) is 12.1 Å². The molecule has 0 aliphatic carbocycles. The maximum Gasteiger partial charge on any atom is 0.260 e. The molecule has 0 spiro atoms. The third-order valence-electron chi connectivity index (χ3n) is 2.45. The van der Waals surface area contributed by atoms with Gasteiger partial charge in [0.1, 0.15) is 0 Å². The monoisotopic (exact) mass is 234 g/mol. The summed E-state index contributed by atoms with van der Waals surface area (Å²) in [5.74, 6) is 0.361. The standard InChI is InChI=1S/C12H14N2OS/c1-8(2)11-12(15)14-10(16-11)7-9-3-5-13-6-4-9/h3-6,8,11H,7H2,1-2H3. The summed E-state index contributed by atoms with van der Waals surface area (Å²) in [6.07, 6.45) is 4.26. The van der Waals surface area contributed by atoms with Crippen molar-refractivity contribution < 1.29 is 4.79 Å². The van der Waals surface area contributed by atoms with Gasteiger partial charge in [-0.25, -0.2) is 4.99 Å². The lowest BCUT2D eigenvalue weighted by atomic mass is 10.1. The predicted molar refractivity (Wildman–Crippen MR) is 66.6 cm³/mol. The van der Waals surface area contributed by atoms with Gasteiger partial charge in [0, 0.05) is 18.8 Å². The maximum absolute atomic E-state index is 11.6. The first-order valence-corrected chi connectivity index (χ1v) is 6.22. The molecule has 2 rings (SSSR count).